The van der Waals surface area contributed by atoms with Crippen molar-refractivity contribution in [2.75, 3.05) is 18.0 Å². The van der Waals surface area contributed by atoms with E-state index < -0.39 is 0 Å². The maximum absolute atomic E-state index is 12.1. The molecule has 2 aromatic rings. The Kier molecular flexibility index (Phi) is 6.81. The molecule has 0 spiro atoms. The van der Waals surface area contributed by atoms with Crippen LogP contribution in [0, 0.1) is 20.8 Å². The van der Waals surface area contributed by atoms with Crippen LogP contribution in [0.4, 0.5) is 5.69 Å². The number of carbonyl (C=O) groups excluding carboxylic acids is 2. The Hall–Kier alpha value is -2.33. The Labute approximate surface area is 160 Å². The molecule has 0 atom stereocenters. The molecule has 0 aliphatic carbocycles. The van der Waals surface area contributed by atoms with Gasteiger partial charge in [-0.1, -0.05) is 47.5 Å². The first-order chi connectivity index (χ1) is 12.3. The molecule has 0 aliphatic rings. The fourth-order valence-corrected chi connectivity index (χ4v) is 3.36. The van der Waals surface area contributed by atoms with Crippen molar-refractivity contribution < 1.29 is 9.59 Å². The van der Waals surface area contributed by atoms with E-state index in [0.29, 0.717) is 30.2 Å². The molecule has 26 heavy (non-hydrogen) atoms. The number of anilines is 1. The van der Waals surface area contributed by atoms with Gasteiger partial charge in [0, 0.05) is 20.0 Å². The lowest BCUT2D eigenvalue weighted by Crippen LogP contribution is -2.38. The van der Waals surface area contributed by atoms with Gasteiger partial charge in [-0.25, -0.2) is 0 Å². The van der Waals surface area contributed by atoms with Crippen LogP contribution < -0.4 is 10.2 Å². The van der Waals surface area contributed by atoms with E-state index in [-0.39, 0.29) is 11.8 Å². The first-order valence-electron chi connectivity index (χ1n) is 8.65. The molecule has 138 valence electrons. The van der Waals surface area contributed by atoms with Crippen LogP contribution in [-0.4, -0.2) is 24.9 Å². The summed E-state index contributed by atoms with van der Waals surface area (Å²) in [6.07, 6.45) is 0.324. The summed E-state index contributed by atoms with van der Waals surface area (Å²) >= 11 is 6.35. The molecule has 2 amide bonds. The SMILES string of the molecule is CC(=O)N(CCNC(=O)Cc1ccc(C)cc1)c1c(C)cc(C)cc1Cl. The average Bonchev–Trinajstić information content (AvgIpc) is 2.54. The molecule has 0 heterocycles. The van der Waals surface area contributed by atoms with Crippen LogP contribution in [0.25, 0.3) is 0 Å². The second-order valence-corrected chi connectivity index (χ2v) is 7.00. The lowest BCUT2D eigenvalue weighted by molar-refractivity contribution is -0.121. The van der Waals surface area contributed by atoms with Crippen molar-refractivity contribution in [3.8, 4) is 0 Å². The summed E-state index contributed by atoms with van der Waals surface area (Å²) in [5.41, 5.74) is 4.82. The molecule has 0 fully saturated rings. The molecule has 0 bridgehead atoms. The normalized spacial score (nSPS) is 10.5. The third-order valence-electron chi connectivity index (χ3n) is 4.19. The largest absolute Gasteiger partial charge is 0.354 e. The Morgan fingerprint density at radius 1 is 1.04 bits per heavy atom. The van der Waals surface area contributed by atoms with E-state index >= 15 is 0 Å². The molecule has 0 aromatic heterocycles. The third kappa shape index (κ3) is 5.33. The number of amides is 2. The second-order valence-electron chi connectivity index (χ2n) is 6.60. The Morgan fingerprint density at radius 2 is 1.69 bits per heavy atom. The predicted octanol–water partition coefficient (Wildman–Crippen LogP) is 3.98. The van der Waals surface area contributed by atoms with Gasteiger partial charge in [-0.2, -0.15) is 0 Å². The van der Waals surface area contributed by atoms with Crippen LogP contribution in [-0.2, 0) is 16.0 Å². The standard InChI is InChI=1S/C21H25ClN2O2/c1-14-5-7-18(8-6-14)13-20(26)23-9-10-24(17(4)25)21-16(3)11-15(2)12-19(21)22/h5-8,11-12H,9-10,13H2,1-4H3,(H,23,26). The van der Waals surface area contributed by atoms with Gasteiger partial charge in [0.25, 0.3) is 0 Å². The highest BCUT2D eigenvalue weighted by atomic mass is 35.5. The third-order valence-corrected chi connectivity index (χ3v) is 4.48. The predicted molar refractivity (Wildman–Crippen MR) is 107 cm³/mol. The topological polar surface area (TPSA) is 49.4 Å². The van der Waals surface area contributed by atoms with Crippen LogP contribution in [0.5, 0.6) is 0 Å². The van der Waals surface area contributed by atoms with E-state index in [9.17, 15) is 9.59 Å². The number of rotatable bonds is 6. The Balaban J connectivity index is 1.98. The zero-order chi connectivity index (χ0) is 19.3. The van der Waals surface area contributed by atoms with Crippen molar-refractivity contribution in [3.05, 3.63) is 63.7 Å². The lowest BCUT2D eigenvalue weighted by Gasteiger charge is -2.25. The molecule has 0 saturated carbocycles. The minimum atomic E-state index is -0.105. The van der Waals surface area contributed by atoms with E-state index in [1.165, 1.54) is 6.92 Å². The summed E-state index contributed by atoms with van der Waals surface area (Å²) in [5, 5.41) is 3.42. The lowest BCUT2D eigenvalue weighted by atomic mass is 10.1. The summed E-state index contributed by atoms with van der Waals surface area (Å²) in [7, 11) is 0. The van der Waals surface area contributed by atoms with Crippen LogP contribution in [0.1, 0.15) is 29.2 Å². The Bertz CT molecular complexity index is 777. The number of aryl methyl sites for hydroxylation is 3. The van der Waals surface area contributed by atoms with Crippen molar-refractivity contribution >= 4 is 29.1 Å². The minimum Gasteiger partial charge on any atom is -0.354 e. The number of benzene rings is 2. The molecule has 0 radical (unpaired) electrons. The van der Waals surface area contributed by atoms with Gasteiger partial charge < -0.3 is 10.2 Å². The number of hydrogen-bond donors (Lipinski definition) is 1. The molecule has 1 N–H and O–H groups in total. The number of carbonyl (C=O) groups is 2. The van der Waals surface area contributed by atoms with Crippen molar-refractivity contribution in [2.24, 2.45) is 0 Å². The number of hydrogen-bond acceptors (Lipinski definition) is 2. The molecular weight excluding hydrogens is 348 g/mol. The fraction of sp³-hybridized carbons (Fsp3) is 0.333. The van der Waals surface area contributed by atoms with Crippen LogP contribution >= 0.6 is 11.6 Å². The van der Waals surface area contributed by atoms with Gasteiger partial charge in [-0.05, 0) is 43.5 Å². The molecular formula is C21H25ClN2O2. The maximum atomic E-state index is 12.1. The van der Waals surface area contributed by atoms with Crippen LogP contribution in [0.2, 0.25) is 5.02 Å². The number of nitrogens with zero attached hydrogens (tertiary/aromatic N) is 1. The maximum Gasteiger partial charge on any atom is 0.224 e. The smallest absolute Gasteiger partial charge is 0.224 e. The van der Waals surface area contributed by atoms with E-state index in [2.05, 4.69) is 5.32 Å². The van der Waals surface area contributed by atoms with Gasteiger partial charge in [0.2, 0.25) is 11.8 Å². The van der Waals surface area contributed by atoms with Crippen molar-refractivity contribution in [1.82, 2.24) is 5.32 Å². The fourth-order valence-electron chi connectivity index (χ4n) is 2.94. The molecule has 0 saturated heterocycles. The van der Waals surface area contributed by atoms with Gasteiger partial charge in [-0.3, -0.25) is 9.59 Å². The minimum absolute atomic E-state index is 0.0657. The second kappa shape index (κ2) is 8.86. The monoisotopic (exact) mass is 372 g/mol. The average molecular weight is 373 g/mol. The summed E-state index contributed by atoms with van der Waals surface area (Å²) in [4.78, 5) is 25.8. The van der Waals surface area contributed by atoms with Gasteiger partial charge in [0.15, 0.2) is 0 Å². The van der Waals surface area contributed by atoms with E-state index in [0.717, 1.165) is 22.3 Å². The summed E-state index contributed by atoms with van der Waals surface area (Å²) in [6, 6.07) is 11.7. The van der Waals surface area contributed by atoms with Gasteiger partial charge in [-0.15, -0.1) is 0 Å². The van der Waals surface area contributed by atoms with Gasteiger partial charge in [0.05, 0.1) is 17.1 Å². The van der Waals surface area contributed by atoms with Crippen molar-refractivity contribution in [2.45, 2.75) is 34.1 Å². The highest BCUT2D eigenvalue weighted by Gasteiger charge is 2.17. The Morgan fingerprint density at radius 3 is 2.27 bits per heavy atom. The first kappa shape index (κ1) is 20.0. The zero-order valence-corrected chi connectivity index (χ0v) is 16.5. The summed E-state index contributed by atoms with van der Waals surface area (Å²) < 4.78 is 0. The quantitative estimate of drug-likeness (QED) is 0.833. The van der Waals surface area contributed by atoms with Gasteiger partial charge in [0.1, 0.15) is 0 Å². The molecule has 4 nitrogen and oxygen atoms in total. The van der Waals surface area contributed by atoms with E-state index in [1.54, 1.807) is 4.90 Å². The molecule has 0 unspecified atom stereocenters. The summed E-state index contributed by atoms with van der Waals surface area (Å²) in [6.45, 7) is 8.15. The molecule has 2 rings (SSSR count). The number of halogens is 1. The van der Waals surface area contributed by atoms with Gasteiger partial charge >= 0.3 is 0 Å². The molecule has 2 aromatic carbocycles. The van der Waals surface area contributed by atoms with E-state index in [4.69, 9.17) is 11.6 Å². The molecule has 0 aliphatic heterocycles. The summed E-state index contributed by atoms with van der Waals surface area (Å²) in [5.74, 6) is -0.171. The highest BCUT2D eigenvalue weighted by molar-refractivity contribution is 6.34. The van der Waals surface area contributed by atoms with Crippen LogP contribution in [0.15, 0.2) is 36.4 Å². The van der Waals surface area contributed by atoms with Crippen molar-refractivity contribution in [3.63, 3.8) is 0 Å². The van der Waals surface area contributed by atoms with Crippen molar-refractivity contribution in [1.29, 1.82) is 0 Å². The van der Waals surface area contributed by atoms with Crippen LogP contribution in [0.3, 0.4) is 0 Å². The first-order valence-corrected chi connectivity index (χ1v) is 9.03. The number of nitrogens with one attached hydrogen (secondary N) is 1. The molecule has 5 heteroatoms. The highest BCUT2D eigenvalue weighted by Crippen LogP contribution is 2.31. The van der Waals surface area contributed by atoms with E-state index in [1.807, 2.05) is 57.2 Å². The zero-order valence-electron chi connectivity index (χ0n) is 15.7.